The first kappa shape index (κ1) is 25.7. The molecule has 35 heavy (non-hydrogen) atoms. The number of amides is 1. The molecule has 0 unspecified atom stereocenters. The monoisotopic (exact) mass is 535 g/mol. The zero-order valence-corrected chi connectivity index (χ0v) is 20.6. The second kappa shape index (κ2) is 12.5. The third-order valence-corrected chi connectivity index (χ3v) is 5.37. The van der Waals surface area contributed by atoms with Crippen molar-refractivity contribution in [2.75, 3.05) is 6.61 Å². The Balaban J connectivity index is 1.80. The lowest BCUT2D eigenvalue weighted by Gasteiger charge is -2.17. The van der Waals surface area contributed by atoms with Crippen LogP contribution in [0, 0.1) is 17.1 Å². The highest BCUT2D eigenvalue weighted by Crippen LogP contribution is 2.34. The second-order valence-corrected chi connectivity index (χ2v) is 8.27. The van der Waals surface area contributed by atoms with E-state index in [1.54, 1.807) is 12.1 Å². The molecule has 0 aliphatic rings. The maximum Gasteiger partial charge on any atom is 0.274 e. The van der Waals surface area contributed by atoms with Crippen molar-refractivity contribution in [3.05, 3.63) is 105 Å². The fourth-order valence-electron chi connectivity index (χ4n) is 3.22. The van der Waals surface area contributed by atoms with E-state index in [0.29, 0.717) is 36.7 Å². The summed E-state index contributed by atoms with van der Waals surface area (Å²) in [5.41, 5.74) is 4.73. The van der Waals surface area contributed by atoms with E-state index >= 15 is 0 Å². The van der Waals surface area contributed by atoms with Crippen LogP contribution in [0.5, 0.6) is 11.5 Å². The molecule has 0 aromatic heterocycles. The predicted octanol–water partition coefficient (Wildman–Crippen LogP) is 5.93. The van der Waals surface area contributed by atoms with Gasteiger partial charge in [0.15, 0.2) is 11.5 Å². The van der Waals surface area contributed by atoms with Gasteiger partial charge >= 0.3 is 0 Å². The summed E-state index contributed by atoms with van der Waals surface area (Å²) in [5.74, 6) is -0.379. The number of hydrogen-bond donors (Lipinski definition) is 1. The number of ether oxygens (including phenoxy) is 2. The number of hydrazone groups is 1. The Morgan fingerprint density at radius 2 is 1.97 bits per heavy atom. The van der Waals surface area contributed by atoms with Crippen LogP contribution in [0.2, 0.25) is 0 Å². The molecule has 178 valence electrons. The molecule has 0 aliphatic heterocycles. The van der Waals surface area contributed by atoms with E-state index in [9.17, 15) is 9.18 Å². The van der Waals surface area contributed by atoms with Gasteiger partial charge < -0.3 is 9.47 Å². The minimum atomic E-state index is -0.795. The maximum absolute atomic E-state index is 14.1. The molecule has 0 radical (unpaired) electrons. The fraction of sp³-hybridized carbons (Fsp3) is 0.148. The molecule has 6 nitrogen and oxygen atoms in total. The number of carbonyl (C=O) groups is 1. The normalized spacial score (nSPS) is 10.6. The molecular weight excluding hydrogens is 513 g/mol. The first-order valence-electron chi connectivity index (χ1n) is 10.8. The summed E-state index contributed by atoms with van der Waals surface area (Å²) in [5, 5.41) is 12.8. The number of nitriles is 1. The summed E-state index contributed by atoms with van der Waals surface area (Å²) in [6.07, 6.45) is 3.72. The van der Waals surface area contributed by atoms with E-state index in [0.717, 1.165) is 21.7 Å². The van der Waals surface area contributed by atoms with Gasteiger partial charge in [0.1, 0.15) is 12.4 Å². The van der Waals surface area contributed by atoms with E-state index in [-0.39, 0.29) is 11.1 Å². The third-order valence-electron chi connectivity index (χ3n) is 4.84. The van der Waals surface area contributed by atoms with Crippen LogP contribution in [0.4, 0.5) is 4.39 Å². The lowest BCUT2D eigenvalue weighted by atomic mass is 10.1. The minimum Gasteiger partial charge on any atom is -0.490 e. The van der Waals surface area contributed by atoms with Crippen molar-refractivity contribution in [2.45, 2.75) is 20.0 Å². The zero-order chi connectivity index (χ0) is 25.2. The number of benzene rings is 3. The van der Waals surface area contributed by atoms with Gasteiger partial charge in [-0.15, -0.1) is 6.58 Å². The molecule has 3 aromatic rings. The number of halogens is 2. The number of nitrogens with zero attached hydrogens (tertiary/aromatic N) is 2. The standard InChI is InChI=1S/C27H23BrFN3O3/c1-3-5-21-12-20(16-31-32-27(33)23-11-8-19(15-30)13-24(23)29)14-25(34-4-2)26(21)35-17-18-6-9-22(28)10-7-18/h3,6-14,16H,1,4-5,17H2,2H3,(H,32,33)/b31-16-. The maximum atomic E-state index is 14.1. The number of nitrogens with one attached hydrogen (secondary N) is 1. The van der Waals surface area contributed by atoms with Crippen LogP contribution in [0.1, 0.15) is 39.5 Å². The topological polar surface area (TPSA) is 83.7 Å². The Bertz CT molecular complexity index is 1280. The summed E-state index contributed by atoms with van der Waals surface area (Å²) in [6.45, 7) is 6.48. The zero-order valence-electron chi connectivity index (χ0n) is 19.1. The van der Waals surface area contributed by atoms with Gasteiger partial charge in [0.05, 0.1) is 30.0 Å². The van der Waals surface area contributed by atoms with Crippen LogP contribution in [0.3, 0.4) is 0 Å². The van der Waals surface area contributed by atoms with Gasteiger partial charge in [-0.1, -0.05) is 34.1 Å². The average molecular weight is 536 g/mol. The molecule has 1 amide bonds. The lowest BCUT2D eigenvalue weighted by Crippen LogP contribution is -2.19. The van der Waals surface area contributed by atoms with Crippen LogP contribution in [-0.2, 0) is 13.0 Å². The first-order chi connectivity index (χ1) is 16.9. The Labute approximate surface area is 211 Å². The molecule has 3 rings (SSSR count). The molecular formula is C27H23BrFN3O3. The largest absolute Gasteiger partial charge is 0.490 e. The molecule has 0 fully saturated rings. The highest BCUT2D eigenvalue weighted by atomic mass is 79.9. The van der Waals surface area contributed by atoms with E-state index in [4.69, 9.17) is 14.7 Å². The van der Waals surface area contributed by atoms with Crippen molar-refractivity contribution in [1.82, 2.24) is 5.43 Å². The predicted molar refractivity (Wildman–Crippen MR) is 136 cm³/mol. The quantitative estimate of drug-likeness (QED) is 0.198. The minimum absolute atomic E-state index is 0.128. The summed E-state index contributed by atoms with van der Waals surface area (Å²) >= 11 is 3.43. The molecule has 0 atom stereocenters. The lowest BCUT2D eigenvalue weighted by molar-refractivity contribution is 0.0951. The number of hydrogen-bond acceptors (Lipinski definition) is 5. The van der Waals surface area contributed by atoms with Gasteiger partial charge in [0.2, 0.25) is 0 Å². The SMILES string of the molecule is C=CCc1cc(/C=N\NC(=O)c2ccc(C#N)cc2F)cc(OCC)c1OCc1ccc(Br)cc1. The van der Waals surface area contributed by atoms with Crippen molar-refractivity contribution in [3.63, 3.8) is 0 Å². The highest BCUT2D eigenvalue weighted by molar-refractivity contribution is 9.10. The summed E-state index contributed by atoms with van der Waals surface area (Å²) in [7, 11) is 0. The first-order valence-corrected chi connectivity index (χ1v) is 11.5. The average Bonchev–Trinajstić information content (AvgIpc) is 2.84. The molecule has 0 bridgehead atoms. The summed E-state index contributed by atoms with van der Waals surface area (Å²) < 4.78 is 27.0. The molecule has 1 N–H and O–H groups in total. The van der Waals surface area contributed by atoms with Crippen LogP contribution >= 0.6 is 15.9 Å². The van der Waals surface area contributed by atoms with Crippen molar-refractivity contribution >= 4 is 28.1 Å². The van der Waals surface area contributed by atoms with Crippen LogP contribution in [0.15, 0.2) is 76.8 Å². The van der Waals surface area contributed by atoms with Crippen LogP contribution in [0.25, 0.3) is 0 Å². The van der Waals surface area contributed by atoms with Gasteiger partial charge in [-0.3, -0.25) is 4.79 Å². The van der Waals surface area contributed by atoms with Gasteiger partial charge in [-0.25, -0.2) is 9.82 Å². The molecule has 0 aliphatic carbocycles. The smallest absolute Gasteiger partial charge is 0.274 e. The van der Waals surface area contributed by atoms with Gasteiger partial charge in [0, 0.05) is 10.0 Å². The Morgan fingerprint density at radius 1 is 1.20 bits per heavy atom. The fourth-order valence-corrected chi connectivity index (χ4v) is 3.49. The molecule has 0 saturated heterocycles. The van der Waals surface area contributed by atoms with Gasteiger partial charge in [-0.2, -0.15) is 10.4 Å². The molecule has 0 spiro atoms. The van der Waals surface area contributed by atoms with Crippen molar-refractivity contribution in [3.8, 4) is 17.6 Å². The van der Waals surface area contributed by atoms with Crippen molar-refractivity contribution in [2.24, 2.45) is 5.10 Å². The van der Waals surface area contributed by atoms with Crippen molar-refractivity contribution in [1.29, 1.82) is 5.26 Å². The Kier molecular flexibility index (Phi) is 9.16. The Morgan fingerprint density at radius 3 is 2.63 bits per heavy atom. The Hall–Kier alpha value is -3.96. The highest BCUT2D eigenvalue weighted by Gasteiger charge is 2.14. The van der Waals surface area contributed by atoms with E-state index < -0.39 is 11.7 Å². The van der Waals surface area contributed by atoms with E-state index in [1.807, 2.05) is 43.3 Å². The number of rotatable bonds is 10. The molecule has 0 heterocycles. The molecule has 3 aromatic carbocycles. The second-order valence-electron chi connectivity index (χ2n) is 7.35. The van der Waals surface area contributed by atoms with Crippen LogP contribution in [-0.4, -0.2) is 18.7 Å². The molecule has 8 heteroatoms. The van der Waals surface area contributed by atoms with Crippen LogP contribution < -0.4 is 14.9 Å². The summed E-state index contributed by atoms with van der Waals surface area (Å²) in [4.78, 5) is 12.3. The van der Waals surface area contributed by atoms with E-state index in [1.165, 1.54) is 18.3 Å². The third kappa shape index (κ3) is 7.01. The van der Waals surface area contributed by atoms with E-state index in [2.05, 4.69) is 33.0 Å². The van der Waals surface area contributed by atoms with Crippen molar-refractivity contribution < 1.29 is 18.7 Å². The number of allylic oxidation sites excluding steroid dienone is 1. The molecule has 0 saturated carbocycles. The number of carbonyl (C=O) groups excluding carboxylic acids is 1. The van der Waals surface area contributed by atoms with Gasteiger partial charge in [0.25, 0.3) is 5.91 Å². The van der Waals surface area contributed by atoms with Gasteiger partial charge in [-0.05, 0) is 66.9 Å². The summed E-state index contributed by atoms with van der Waals surface area (Å²) in [6, 6.07) is 16.9.